The lowest BCUT2D eigenvalue weighted by Gasteiger charge is -2.32. The highest BCUT2D eigenvalue weighted by molar-refractivity contribution is 6.30. The summed E-state index contributed by atoms with van der Waals surface area (Å²) in [6, 6.07) is 8.16. The molecule has 14 heavy (non-hydrogen) atoms. The molecule has 0 aliphatic carbocycles. The van der Waals surface area contributed by atoms with Crippen LogP contribution in [0.15, 0.2) is 24.3 Å². The zero-order valence-corrected chi connectivity index (χ0v) is 9.30. The van der Waals surface area contributed by atoms with Gasteiger partial charge in [-0.3, -0.25) is 0 Å². The normalized spacial score (nSPS) is 22.4. The lowest BCUT2D eigenvalue weighted by molar-refractivity contribution is 0.447. The molecule has 0 saturated carbocycles. The van der Waals surface area contributed by atoms with E-state index >= 15 is 0 Å². The summed E-state index contributed by atoms with van der Waals surface area (Å²) >= 11 is 5.86. The van der Waals surface area contributed by atoms with E-state index in [0.717, 1.165) is 10.9 Å². The average molecular weight is 210 g/mol. The fourth-order valence-electron chi connectivity index (χ4n) is 2.08. The number of hydrogen-bond donors (Lipinski definition) is 0. The van der Waals surface area contributed by atoms with Crippen LogP contribution in [-0.2, 0) is 0 Å². The van der Waals surface area contributed by atoms with Crippen molar-refractivity contribution in [1.82, 2.24) is 0 Å². The zero-order chi connectivity index (χ0) is 9.97. The Morgan fingerprint density at radius 1 is 1.29 bits per heavy atom. The van der Waals surface area contributed by atoms with E-state index in [-0.39, 0.29) is 0 Å². The molecule has 0 aromatic heterocycles. The van der Waals surface area contributed by atoms with Crippen molar-refractivity contribution >= 4 is 17.3 Å². The SMILES string of the molecule is C[C@H]1CCCN(c2ccc(Cl)cc2)C1. The molecule has 0 bridgehead atoms. The lowest BCUT2D eigenvalue weighted by Crippen LogP contribution is -2.34. The smallest absolute Gasteiger partial charge is 0.0407 e. The molecule has 0 N–H and O–H groups in total. The Kier molecular flexibility index (Phi) is 2.97. The molecule has 1 saturated heterocycles. The van der Waals surface area contributed by atoms with Crippen molar-refractivity contribution in [3.63, 3.8) is 0 Å². The Hall–Kier alpha value is -0.690. The minimum Gasteiger partial charge on any atom is -0.371 e. The third-order valence-electron chi connectivity index (χ3n) is 2.85. The van der Waals surface area contributed by atoms with E-state index < -0.39 is 0 Å². The van der Waals surface area contributed by atoms with Gasteiger partial charge in [0.25, 0.3) is 0 Å². The number of rotatable bonds is 1. The van der Waals surface area contributed by atoms with E-state index in [9.17, 15) is 0 Å². The summed E-state index contributed by atoms with van der Waals surface area (Å²) in [7, 11) is 0. The van der Waals surface area contributed by atoms with Crippen molar-refractivity contribution in [1.29, 1.82) is 0 Å². The van der Waals surface area contributed by atoms with Gasteiger partial charge in [0.1, 0.15) is 0 Å². The van der Waals surface area contributed by atoms with Gasteiger partial charge in [0.15, 0.2) is 0 Å². The van der Waals surface area contributed by atoms with Crippen LogP contribution in [0.5, 0.6) is 0 Å². The molecule has 1 aromatic carbocycles. The van der Waals surface area contributed by atoms with Crippen LogP contribution in [0.4, 0.5) is 5.69 Å². The van der Waals surface area contributed by atoms with Crippen LogP contribution in [0.3, 0.4) is 0 Å². The molecule has 1 nitrogen and oxygen atoms in total. The molecule has 1 atom stereocenters. The number of piperidine rings is 1. The second-order valence-electron chi connectivity index (χ2n) is 4.17. The Morgan fingerprint density at radius 3 is 2.64 bits per heavy atom. The quantitative estimate of drug-likeness (QED) is 0.684. The van der Waals surface area contributed by atoms with Crippen molar-refractivity contribution in [2.24, 2.45) is 5.92 Å². The second-order valence-corrected chi connectivity index (χ2v) is 4.61. The van der Waals surface area contributed by atoms with Gasteiger partial charge in [-0.1, -0.05) is 18.5 Å². The molecule has 76 valence electrons. The molecule has 1 aromatic rings. The largest absolute Gasteiger partial charge is 0.371 e. The third kappa shape index (κ3) is 2.21. The summed E-state index contributed by atoms with van der Waals surface area (Å²) in [6.07, 6.45) is 2.67. The first-order valence-electron chi connectivity index (χ1n) is 5.26. The molecule has 1 aliphatic heterocycles. The molecule has 0 radical (unpaired) electrons. The van der Waals surface area contributed by atoms with Gasteiger partial charge in [-0.25, -0.2) is 0 Å². The van der Waals surface area contributed by atoms with Crippen LogP contribution in [0, 0.1) is 5.92 Å². The van der Waals surface area contributed by atoms with Gasteiger partial charge in [0, 0.05) is 23.8 Å². The van der Waals surface area contributed by atoms with E-state index in [1.54, 1.807) is 0 Å². The summed E-state index contributed by atoms with van der Waals surface area (Å²) in [5.74, 6) is 0.819. The van der Waals surface area contributed by atoms with Gasteiger partial charge in [-0.15, -0.1) is 0 Å². The van der Waals surface area contributed by atoms with Crippen LogP contribution in [0.2, 0.25) is 5.02 Å². The Morgan fingerprint density at radius 2 is 2.00 bits per heavy atom. The van der Waals surface area contributed by atoms with Gasteiger partial charge in [-0.05, 0) is 43.0 Å². The van der Waals surface area contributed by atoms with Crippen LogP contribution < -0.4 is 4.90 Å². The topological polar surface area (TPSA) is 3.24 Å². The van der Waals surface area contributed by atoms with Gasteiger partial charge in [0.05, 0.1) is 0 Å². The van der Waals surface area contributed by atoms with Crippen molar-refractivity contribution in [3.8, 4) is 0 Å². The molecule has 0 amide bonds. The van der Waals surface area contributed by atoms with Crippen LogP contribution in [0.1, 0.15) is 19.8 Å². The van der Waals surface area contributed by atoms with Crippen LogP contribution >= 0.6 is 11.6 Å². The number of nitrogens with zero attached hydrogens (tertiary/aromatic N) is 1. The highest BCUT2D eigenvalue weighted by atomic mass is 35.5. The van der Waals surface area contributed by atoms with Crippen LogP contribution in [0.25, 0.3) is 0 Å². The van der Waals surface area contributed by atoms with E-state index in [0.29, 0.717) is 0 Å². The van der Waals surface area contributed by atoms with E-state index in [2.05, 4.69) is 24.0 Å². The van der Waals surface area contributed by atoms with Crippen LogP contribution in [-0.4, -0.2) is 13.1 Å². The van der Waals surface area contributed by atoms with Gasteiger partial charge in [0.2, 0.25) is 0 Å². The maximum atomic E-state index is 5.86. The third-order valence-corrected chi connectivity index (χ3v) is 3.10. The van der Waals surface area contributed by atoms with E-state index in [1.807, 2.05) is 12.1 Å². The fraction of sp³-hybridized carbons (Fsp3) is 0.500. The summed E-state index contributed by atoms with van der Waals surface area (Å²) in [6.45, 7) is 4.69. The molecule has 1 fully saturated rings. The monoisotopic (exact) mass is 209 g/mol. The van der Waals surface area contributed by atoms with E-state index in [4.69, 9.17) is 11.6 Å². The maximum Gasteiger partial charge on any atom is 0.0407 e. The summed E-state index contributed by atoms with van der Waals surface area (Å²) < 4.78 is 0. The van der Waals surface area contributed by atoms with Crippen molar-refractivity contribution in [2.45, 2.75) is 19.8 Å². The number of anilines is 1. The molecule has 0 spiro atoms. The predicted molar refractivity (Wildman–Crippen MR) is 62.1 cm³/mol. The Labute approximate surface area is 90.7 Å². The maximum absolute atomic E-state index is 5.86. The van der Waals surface area contributed by atoms with Gasteiger partial charge < -0.3 is 4.90 Å². The highest BCUT2D eigenvalue weighted by Crippen LogP contribution is 2.23. The fourth-order valence-corrected chi connectivity index (χ4v) is 2.20. The van der Waals surface area contributed by atoms with Gasteiger partial charge >= 0.3 is 0 Å². The van der Waals surface area contributed by atoms with Crippen molar-refractivity contribution in [3.05, 3.63) is 29.3 Å². The molecule has 2 heteroatoms. The Balaban J connectivity index is 2.10. The number of hydrogen-bond acceptors (Lipinski definition) is 1. The molecule has 2 rings (SSSR count). The Bertz CT molecular complexity index is 294. The number of halogens is 1. The molecule has 0 unspecified atom stereocenters. The van der Waals surface area contributed by atoms with E-state index in [1.165, 1.54) is 31.6 Å². The first-order valence-corrected chi connectivity index (χ1v) is 5.64. The summed E-state index contributed by atoms with van der Waals surface area (Å²) in [4.78, 5) is 2.45. The molecule has 1 heterocycles. The minimum absolute atomic E-state index is 0.818. The molecular weight excluding hydrogens is 194 g/mol. The molecule has 1 aliphatic rings. The summed E-state index contributed by atoms with van der Waals surface area (Å²) in [5.41, 5.74) is 1.31. The first-order chi connectivity index (χ1) is 6.75. The zero-order valence-electron chi connectivity index (χ0n) is 8.54. The highest BCUT2D eigenvalue weighted by Gasteiger charge is 2.15. The van der Waals surface area contributed by atoms with Crippen molar-refractivity contribution in [2.75, 3.05) is 18.0 Å². The minimum atomic E-state index is 0.818. The second kappa shape index (κ2) is 4.22. The number of benzene rings is 1. The first kappa shape index (κ1) is 9.85. The van der Waals surface area contributed by atoms with Crippen molar-refractivity contribution < 1.29 is 0 Å². The molecular formula is C12H16ClN. The summed E-state index contributed by atoms with van der Waals surface area (Å²) in [5, 5.41) is 0.818. The predicted octanol–water partition coefficient (Wildman–Crippen LogP) is 3.58. The average Bonchev–Trinajstić information content (AvgIpc) is 2.19. The lowest BCUT2D eigenvalue weighted by atomic mass is 10.00. The van der Waals surface area contributed by atoms with Gasteiger partial charge in [-0.2, -0.15) is 0 Å². The standard InChI is InChI=1S/C12H16ClN/c1-10-3-2-8-14(9-10)12-6-4-11(13)5-7-12/h4-7,10H,2-3,8-9H2,1H3/t10-/m0/s1.